The van der Waals surface area contributed by atoms with E-state index in [1.165, 1.54) is 96.3 Å². The van der Waals surface area contributed by atoms with Gasteiger partial charge in [-0.2, -0.15) is 0 Å². The van der Waals surface area contributed by atoms with Crippen molar-refractivity contribution in [3.8, 4) is 0 Å². The van der Waals surface area contributed by atoms with E-state index < -0.39 is 8.60 Å². The Labute approximate surface area is 158 Å². The molecule has 1 heterocycles. The van der Waals surface area contributed by atoms with Crippen molar-refractivity contribution < 1.29 is 13.6 Å². The highest BCUT2D eigenvalue weighted by Gasteiger charge is 2.16. The zero-order valence-corrected chi connectivity index (χ0v) is 17.7. The molecule has 0 aliphatic carbocycles. The highest BCUT2D eigenvalue weighted by atomic mass is 31.2. The predicted octanol–water partition coefficient (Wildman–Crippen LogP) is 7.93. The highest BCUT2D eigenvalue weighted by Crippen LogP contribution is 2.42. The fourth-order valence-corrected chi connectivity index (χ4v) is 4.30. The van der Waals surface area contributed by atoms with Crippen LogP contribution in [0.3, 0.4) is 0 Å². The molecule has 25 heavy (non-hydrogen) atoms. The Morgan fingerprint density at radius 2 is 1.00 bits per heavy atom. The first-order valence-electron chi connectivity index (χ1n) is 11.1. The summed E-state index contributed by atoms with van der Waals surface area (Å²) < 4.78 is 16.5. The van der Waals surface area contributed by atoms with Crippen molar-refractivity contribution in [1.82, 2.24) is 0 Å². The molecular weight excluding hydrogens is 331 g/mol. The third-order valence-corrected chi connectivity index (χ3v) is 6.06. The zero-order chi connectivity index (χ0) is 17.8. The van der Waals surface area contributed by atoms with Gasteiger partial charge in [-0.1, -0.05) is 103 Å². The van der Waals surface area contributed by atoms with Gasteiger partial charge in [0.15, 0.2) is 0 Å². The first-order valence-corrected chi connectivity index (χ1v) is 12.2. The van der Waals surface area contributed by atoms with Crippen LogP contribution < -0.4 is 0 Å². The zero-order valence-electron chi connectivity index (χ0n) is 16.8. The van der Waals surface area contributed by atoms with Gasteiger partial charge in [0.1, 0.15) is 0 Å². The van der Waals surface area contributed by atoms with E-state index >= 15 is 0 Å². The van der Waals surface area contributed by atoms with Crippen molar-refractivity contribution in [3.63, 3.8) is 0 Å². The average Bonchev–Trinajstić information content (AvgIpc) is 2.65. The molecule has 0 radical (unpaired) electrons. The molecule has 0 unspecified atom stereocenters. The summed E-state index contributed by atoms with van der Waals surface area (Å²) in [7, 11) is -1.02. The quantitative estimate of drug-likeness (QED) is 0.180. The van der Waals surface area contributed by atoms with E-state index in [1.807, 2.05) is 0 Å². The van der Waals surface area contributed by atoms with E-state index in [1.54, 1.807) is 0 Å². The fourth-order valence-electron chi connectivity index (χ4n) is 3.24. The number of unbranched alkanes of at least 4 members (excludes halogenated alkanes) is 15. The third kappa shape index (κ3) is 16.2. The highest BCUT2D eigenvalue weighted by molar-refractivity contribution is 7.41. The van der Waals surface area contributed by atoms with Gasteiger partial charge in [0.2, 0.25) is 0 Å². The molecule has 150 valence electrons. The van der Waals surface area contributed by atoms with Gasteiger partial charge in [-0.15, -0.1) is 0 Å². The maximum Gasteiger partial charge on any atom is 0.332 e. The van der Waals surface area contributed by atoms with Crippen LogP contribution in [0.25, 0.3) is 0 Å². The van der Waals surface area contributed by atoms with Crippen LogP contribution >= 0.6 is 8.60 Å². The normalized spacial score (nSPS) is 15.7. The molecule has 1 aliphatic heterocycles. The summed E-state index contributed by atoms with van der Waals surface area (Å²) in [6.07, 6.45) is 23.4. The van der Waals surface area contributed by atoms with E-state index in [-0.39, 0.29) is 0 Å². The van der Waals surface area contributed by atoms with Gasteiger partial charge < -0.3 is 13.6 Å². The first-order chi connectivity index (χ1) is 12.4. The van der Waals surface area contributed by atoms with Crippen LogP contribution in [0.15, 0.2) is 0 Å². The van der Waals surface area contributed by atoms with Gasteiger partial charge in [-0.3, -0.25) is 0 Å². The van der Waals surface area contributed by atoms with E-state index in [2.05, 4.69) is 6.92 Å². The number of hydrogen-bond donors (Lipinski definition) is 0. The van der Waals surface area contributed by atoms with Gasteiger partial charge >= 0.3 is 8.60 Å². The van der Waals surface area contributed by atoms with Crippen LogP contribution in [0.2, 0.25) is 0 Å². The van der Waals surface area contributed by atoms with Crippen LogP contribution in [0.5, 0.6) is 0 Å². The van der Waals surface area contributed by atoms with Gasteiger partial charge in [0.25, 0.3) is 0 Å². The Bertz CT molecular complexity index is 258. The average molecular weight is 375 g/mol. The molecule has 0 spiro atoms. The van der Waals surface area contributed by atoms with E-state index in [0.29, 0.717) is 0 Å². The monoisotopic (exact) mass is 374 g/mol. The topological polar surface area (TPSA) is 27.7 Å². The summed E-state index contributed by atoms with van der Waals surface area (Å²) in [5, 5.41) is 0. The van der Waals surface area contributed by atoms with Crippen LogP contribution in [0.1, 0.15) is 116 Å². The van der Waals surface area contributed by atoms with Crippen molar-refractivity contribution in [2.75, 3.05) is 19.8 Å². The van der Waals surface area contributed by atoms with Crippen molar-refractivity contribution >= 4 is 8.60 Å². The molecule has 1 aliphatic rings. The molecule has 0 bridgehead atoms. The smallest absolute Gasteiger partial charge is 0.312 e. The molecule has 0 aromatic heterocycles. The molecule has 1 saturated heterocycles. The Balaban J connectivity index is 1.65. The summed E-state index contributed by atoms with van der Waals surface area (Å²) in [6, 6.07) is 0. The molecule has 4 heteroatoms. The molecule has 0 aromatic rings. The second-order valence-electron chi connectivity index (χ2n) is 7.38. The summed E-state index contributed by atoms with van der Waals surface area (Å²) in [4.78, 5) is 0. The Morgan fingerprint density at radius 1 is 0.600 bits per heavy atom. The number of hydrogen-bond acceptors (Lipinski definition) is 3. The van der Waals surface area contributed by atoms with E-state index in [4.69, 9.17) is 13.6 Å². The summed E-state index contributed by atoms with van der Waals surface area (Å²) in [5.41, 5.74) is 0. The molecule has 0 aromatic carbocycles. The lowest BCUT2D eigenvalue weighted by Crippen LogP contribution is -2.07. The maximum absolute atomic E-state index is 5.62. The second kappa shape index (κ2) is 19.1. The second-order valence-corrected chi connectivity index (χ2v) is 8.60. The molecule has 0 saturated carbocycles. The first kappa shape index (κ1) is 23.3. The molecule has 3 nitrogen and oxygen atoms in total. The lowest BCUT2D eigenvalue weighted by molar-refractivity contribution is 0.114. The maximum atomic E-state index is 5.62. The minimum absolute atomic E-state index is 0.796. The molecular formula is C21H43O3P. The summed E-state index contributed by atoms with van der Waals surface area (Å²) in [5.74, 6) is 0. The summed E-state index contributed by atoms with van der Waals surface area (Å²) in [6.45, 7) is 4.68. The van der Waals surface area contributed by atoms with Gasteiger partial charge in [-0.25, -0.2) is 0 Å². The van der Waals surface area contributed by atoms with Crippen LogP contribution in [-0.2, 0) is 13.6 Å². The Hall–Kier alpha value is 0.310. The Morgan fingerprint density at radius 3 is 1.44 bits per heavy atom. The van der Waals surface area contributed by atoms with Gasteiger partial charge in [-0.05, 0) is 12.8 Å². The largest absolute Gasteiger partial charge is 0.332 e. The lowest BCUT2D eigenvalue weighted by Gasteiger charge is -2.20. The van der Waals surface area contributed by atoms with Crippen molar-refractivity contribution in [2.45, 2.75) is 116 Å². The standard InChI is InChI=1S/C21H43O3P/c1-2-3-4-5-6-7-8-9-10-11-12-13-14-15-16-17-19-22-25-23-20-18-21-24-25/h2-21H2,1H3. The predicted molar refractivity (Wildman–Crippen MR) is 109 cm³/mol. The fraction of sp³-hybridized carbons (Fsp3) is 1.00. The molecule has 0 amide bonds. The molecule has 1 fully saturated rings. The number of rotatable bonds is 18. The minimum atomic E-state index is -1.02. The summed E-state index contributed by atoms with van der Waals surface area (Å²) >= 11 is 0. The van der Waals surface area contributed by atoms with E-state index in [0.717, 1.165) is 32.7 Å². The van der Waals surface area contributed by atoms with Gasteiger partial charge in [0.05, 0.1) is 19.8 Å². The van der Waals surface area contributed by atoms with Crippen molar-refractivity contribution in [3.05, 3.63) is 0 Å². The van der Waals surface area contributed by atoms with Crippen LogP contribution in [0.4, 0.5) is 0 Å². The van der Waals surface area contributed by atoms with Crippen LogP contribution in [-0.4, -0.2) is 19.8 Å². The Kier molecular flexibility index (Phi) is 17.8. The van der Waals surface area contributed by atoms with Crippen LogP contribution in [0, 0.1) is 0 Å². The van der Waals surface area contributed by atoms with Crippen molar-refractivity contribution in [1.29, 1.82) is 0 Å². The van der Waals surface area contributed by atoms with Gasteiger partial charge in [0, 0.05) is 0 Å². The minimum Gasteiger partial charge on any atom is -0.312 e. The molecule has 0 atom stereocenters. The lowest BCUT2D eigenvalue weighted by atomic mass is 10.0. The SMILES string of the molecule is CCCCCCCCCCCCCCCCCCOP1OCCCO1. The van der Waals surface area contributed by atoms with Crippen molar-refractivity contribution in [2.24, 2.45) is 0 Å². The third-order valence-electron chi connectivity index (χ3n) is 4.88. The van der Waals surface area contributed by atoms with E-state index in [9.17, 15) is 0 Å². The molecule has 0 N–H and O–H groups in total. The molecule has 1 rings (SSSR count).